The molecular formula is C11H18N4O2S. The molecule has 7 heteroatoms. The molecule has 0 radical (unpaired) electrons. The van der Waals surface area contributed by atoms with E-state index in [2.05, 4.69) is 9.35 Å². The Morgan fingerprint density at radius 3 is 2.72 bits per heavy atom. The smallest absolute Gasteiger partial charge is 0.271 e. The number of pyridine rings is 1. The minimum atomic E-state index is -3.26. The van der Waals surface area contributed by atoms with E-state index in [-0.39, 0.29) is 10.8 Å². The average Bonchev–Trinajstić information content (AvgIpc) is 2.28. The van der Waals surface area contributed by atoms with Gasteiger partial charge < -0.3 is 5.73 Å². The van der Waals surface area contributed by atoms with E-state index in [4.69, 9.17) is 10.9 Å². The fraction of sp³-hybridized carbons (Fsp3) is 0.455. The van der Waals surface area contributed by atoms with Gasteiger partial charge in [0.15, 0.2) is 0 Å². The van der Waals surface area contributed by atoms with Gasteiger partial charge in [0.25, 0.3) is 5.91 Å². The number of amides is 1. The molecule has 6 nitrogen and oxygen atoms in total. The summed E-state index contributed by atoms with van der Waals surface area (Å²) < 4.78 is 15.6. The van der Waals surface area contributed by atoms with Gasteiger partial charge in [-0.15, -0.1) is 4.36 Å². The monoisotopic (exact) mass is 270 g/mol. The molecular weight excluding hydrogens is 252 g/mol. The minimum absolute atomic E-state index is 0.218. The van der Waals surface area contributed by atoms with Crippen LogP contribution in [0.1, 0.15) is 20.3 Å². The van der Waals surface area contributed by atoms with Crippen molar-refractivity contribution in [1.82, 2.24) is 4.98 Å². The minimum Gasteiger partial charge on any atom is -0.320 e. The second kappa shape index (κ2) is 6.03. The van der Waals surface area contributed by atoms with E-state index in [0.29, 0.717) is 6.42 Å². The summed E-state index contributed by atoms with van der Waals surface area (Å²) in [5.41, 5.74) is 5.66. The van der Waals surface area contributed by atoms with Gasteiger partial charge >= 0.3 is 0 Å². The Balaban J connectivity index is 2.95. The third-order valence-corrected chi connectivity index (χ3v) is 3.61. The van der Waals surface area contributed by atoms with Crippen molar-refractivity contribution < 1.29 is 9.00 Å². The van der Waals surface area contributed by atoms with E-state index >= 15 is 0 Å². The van der Waals surface area contributed by atoms with Gasteiger partial charge in [0, 0.05) is 12.4 Å². The summed E-state index contributed by atoms with van der Waals surface area (Å²) in [5, 5.41) is 5.55. The van der Waals surface area contributed by atoms with E-state index in [9.17, 15) is 9.00 Å². The third-order valence-electron chi connectivity index (χ3n) is 2.24. The first-order chi connectivity index (χ1) is 8.33. The summed E-state index contributed by atoms with van der Waals surface area (Å²) in [5.74, 6) is -0.383. The summed E-state index contributed by atoms with van der Waals surface area (Å²) in [6, 6.07) is 2.32. The molecule has 4 N–H and O–H groups in total. The number of carbonyl (C=O) groups excluding carboxylic acids is 1. The normalized spacial score (nSPS) is 16.1. The lowest BCUT2D eigenvalue weighted by Crippen LogP contribution is -2.32. The van der Waals surface area contributed by atoms with Gasteiger partial charge in [-0.3, -0.25) is 9.78 Å². The maximum atomic E-state index is 12.1. The number of aromatic nitrogens is 1. The first-order valence-corrected chi connectivity index (χ1v) is 7.15. The zero-order chi connectivity index (χ0) is 13.8. The predicted octanol–water partition coefficient (Wildman–Crippen LogP) is 0.682. The van der Waals surface area contributed by atoms with Crippen LogP contribution in [0.15, 0.2) is 33.8 Å². The van der Waals surface area contributed by atoms with Crippen LogP contribution in [0.5, 0.6) is 0 Å². The Hall–Kier alpha value is -1.31. The molecule has 2 atom stereocenters. The van der Waals surface area contributed by atoms with E-state index in [1.54, 1.807) is 6.07 Å². The van der Waals surface area contributed by atoms with E-state index in [1.807, 2.05) is 13.8 Å². The summed E-state index contributed by atoms with van der Waals surface area (Å²) in [6.07, 6.45) is 3.32. The molecule has 0 fully saturated rings. The second-order valence-electron chi connectivity index (χ2n) is 4.42. The molecule has 0 aliphatic rings. The van der Waals surface area contributed by atoms with E-state index < -0.39 is 21.9 Å². The molecule has 0 aromatic carbocycles. The van der Waals surface area contributed by atoms with Crippen molar-refractivity contribution in [2.75, 3.05) is 0 Å². The Bertz CT molecular complexity index is 521. The van der Waals surface area contributed by atoms with Gasteiger partial charge in [0.05, 0.1) is 10.9 Å². The molecule has 1 amide bonds. The molecule has 0 saturated heterocycles. The molecule has 18 heavy (non-hydrogen) atoms. The number of nitrogens with zero attached hydrogens (tertiary/aromatic N) is 2. The van der Waals surface area contributed by atoms with E-state index in [0.717, 1.165) is 0 Å². The molecule has 0 saturated carbocycles. The highest BCUT2D eigenvalue weighted by atomic mass is 32.2. The van der Waals surface area contributed by atoms with Gasteiger partial charge in [0.1, 0.15) is 9.92 Å². The van der Waals surface area contributed by atoms with Crippen LogP contribution < -0.4 is 10.9 Å². The van der Waals surface area contributed by atoms with Gasteiger partial charge in [-0.05, 0) is 24.5 Å². The van der Waals surface area contributed by atoms with Gasteiger partial charge in [-0.25, -0.2) is 9.35 Å². The number of carbonyl (C=O) groups is 1. The largest absolute Gasteiger partial charge is 0.320 e. The highest BCUT2D eigenvalue weighted by Gasteiger charge is 2.17. The van der Waals surface area contributed by atoms with Crippen molar-refractivity contribution in [2.24, 2.45) is 21.2 Å². The maximum Gasteiger partial charge on any atom is 0.271 e. The molecule has 1 heterocycles. The van der Waals surface area contributed by atoms with Gasteiger partial charge in [0.2, 0.25) is 0 Å². The number of nitrogens with two attached hydrogens (primary N) is 2. The van der Waals surface area contributed by atoms with Crippen molar-refractivity contribution in [3.05, 3.63) is 24.5 Å². The SMILES string of the molecule is CC(C)C[C@H](N)C(=O)N=S(N)(=O)c1cccnc1. The first-order valence-electron chi connectivity index (χ1n) is 5.57. The molecule has 1 aromatic rings. The number of hydrogen-bond acceptors (Lipinski definition) is 4. The molecule has 0 aliphatic carbocycles. The van der Waals surface area contributed by atoms with Gasteiger partial charge in [-0.2, -0.15) is 0 Å². The predicted molar refractivity (Wildman–Crippen MR) is 69.7 cm³/mol. The molecule has 0 spiro atoms. The van der Waals surface area contributed by atoms with Crippen LogP contribution >= 0.6 is 0 Å². The lowest BCUT2D eigenvalue weighted by Gasteiger charge is -2.10. The molecule has 100 valence electrons. The molecule has 1 rings (SSSR count). The zero-order valence-electron chi connectivity index (χ0n) is 10.4. The van der Waals surface area contributed by atoms with Crippen molar-refractivity contribution in [3.63, 3.8) is 0 Å². The lowest BCUT2D eigenvalue weighted by molar-refractivity contribution is -0.119. The van der Waals surface area contributed by atoms with Crippen molar-refractivity contribution in [3.8, 4) is 0 Å². The van der Waals surface area contributed by atoms with Crippen LogP contribution in [0.4, 0.5) is 0 Å². The van der Waals surface area contributed by atoms with E-state index in [1.165, 1.54) is 18.5 Å². The van der Waals surface area contributed by atoms with Crippen LogP contribution in [-0.4, -0.2) is 21.1 Å². The molecule has 1 unspecified atom stereocenters. The Morgan fingerprint density at radius 2 is 2.22 bits per heavy atom. The van der Waals surface area contributed by atoms with Crippen LogP contribution in [0.2, 0.25) is 0 Å². The Labute approximate surface area is 107 Å². The van der Waals surface area contributed by atoms with Crippen molar-refractivity contribution in [2.45, 2.75) is 31.2 Å². The Morgan fingerprint density at radius 1 is 1.56 bits per heavy atom. The summed E-state index contributed by atoms with van der Waals surface area (Å²) in [6.45, 7) is 3.88. The van der Waals surface area contributed by atoms with Crippen molar-refractivity contribution in [1.29, 1.82) is 0 Å². The molecule has 0 aliphatic heterocycles. The molecule has 0 bridgehead atoms. The zero-order valence-corrected chi connectivity index (χ0v) is 11.3. The average molecular weight is 270 g/mol. The maximum absolute atomic E-state index is 12.1. The highest BCUT2D eigenvalue weighted by molar-refractivity contribution is 7.91. The third kappa shape index (κ3) is 4.17. The summed E-state index contributed by atoms with van der Waals surface area (Å²) in [4.78, 5) is 15.7. The number of hydrogen-bond donors (Lipinski definition) is 2. The summed E-state index contributed by atoms with van der Waals surface area (Å²) in [7, 11) is -3.26. The second-order valence-corrected chi connectivity index (χ2v) is 6.21. The van der Waals surface area contributed by atoms with Crippen LogP contribution in [0, 0.1) is 5.92 Å². The number of rotatable bonds is 4. The van der Waals surface area contributed by atoms with Crippen LogP contribution in [-0.2, 0) is 14.7 Å². The van der Waals surface area contributed by atoms with Crippen LogP contribution in [0.3, 0.4) is 0 Å². The van der Waals surface area contributed by atoms with Gasteiger partial charge in [-0.1, -0.05) is 13.8 Å². The Kier molecular flexibility index (Phi) is 4.94. The van der Waals surface area contributed by atoms with Crippen LogP contribution in [0.25, 0.3) is 0 Å². The summed E-state index contributed by atoms with van der Waals surface area (Å²) >= 11 is 0. The lowest BCUT2D eigenvalue weighted by atomic mass is 10.0. The topological polar surface area (TPSA) is 111 Å². The fourth-order valence-corrected chi connectivity index (χ4v) is 2.38. The fourth-order valence-electron chi connectivity index (χ4n) is 1.38. The first kappa shape index (κ1) is 14.7. The quantitative estimate of drug-likeness (QED) is 0.837. The molecule has 1 aromatic heterocycles. The highest BCUT2D eigenvalue weighted by Crippen LogP contribution is 2.09. The van der Waals surface area contributed by atoms with Crippen molar-refractivity contribution >= 4 is 15.8 Å². The standard InChI is InChI=1S/C11H18N4O2S/c1-8(2)6-10(12)11(16)15-18(13,17)9-4-3-5-14-7-9/h3-5,7-8,10H,6,12H2,1-2H3,(H2,13,15,16,17)/t10-,18?/m0/s1.